The molecule has 2 N–H and O–H groups in total. The molecule has 1 aromatic heterocycles. The zero-order chi connectivity index (χ0) is 18.4. The summed E-state index contributed by atoms with van der Waals surface area (Å²) < 4.78 is 5.87. The van der Waals surface area contributed by atoms with Gasteiger partial charge in [0.25, 0.3) is 5.91 Å². The van der Waals surface area contributed by atoms with Crippen LogP contribution in [0.15, 0.2) is 28.7 Å². The minimum atomic E-state index is -0.124. The Kier molecular flexibility index (Phi) is 6.69. The molecular weight excluding hydrogens is 326 g/mol. The fourth-order valence-corrected chi connectivity index (χ4v) is 3.77. The van der Waals surface area contributed by atoms with Crippen LogP contribution in [0.2, 0.25) is 0 Å². The largest absolute Gasteiger partial charge is 0.451 e. The molecule has 0 bridgehead atoms. The summed E-state index contributed by atoms with van der Waals surface area (Å²) in [6, 6.07) is 8.45. The zero-order valence-electron chi connectivity index (χ0n) is 16.0. The molecule has 1 aromatic carbocycles. The van der Waals surface area contributed by atoms with E-state index in [0.717, 1.165) is 23.1 Å². The molecule has 1 fully saturated rings. The van der Waals surface area contributed by atoms with E-state index in [2.05, 4.69) is 15.5 Å². The van der Waals surface area contributed by atoms with Crippen LogP contribution in [0, 0.1) is 0 Å². The lowest BCUT2D eigenvalue weighted by atomic mass is 10.1. The molecule has 1 aliphatic carbocycles. The lowest BCUT2D eigenvalue weighted by Crippen LogP contribution is -2.37. The molecule has 5 nitrogen and oxygen atoms in total. The van der Waals surface area contributed by atoms with Gasteiger partial charge >= 0.3 is 0 Å². The highest BCUT2D eigenvalue weighted by molar-refractivity contribution is 5.99. The Morgan fingerprint density at radius 1 is 1.12 bits per heavy atom. The molecule has 0 aliphatic heterocycles. The average molecular weight is 357 g/mol. The topological polar surface area (TPSA) is 57.5 Å². The van der Waals surface area contributed by atoms with Crippen LogP contribution < -0.4 is 10.6 Å². The zero-order valence-corrected chi connectivity index (χ0v) is 16.0. The predicted octanol–water partition coefficient (Wildman–Crippen LogP) is 3.54. The van der Waals surface area contributed by atoms with Crippen molar-refractivity contribution in [2.45, 2.75) is 51.1 Å². The monoisotopic (exact) mass is 357 g/mol. The van der Waals surface area contributed by atoms with Crippen molar-refractivity contribution >= 4 is 16.9 Å². The summed E-state index contributed by atoms with van der Waals surface area (Å²) in [4.78, 5) is 14.7. The fraction of sp³-hybridized carbons (Fsp3) is 0.571. The van der Waals surface area contributed by atoms with E-state index in [0.29, 0.717) is 24.9 Å². The van der Waals surface area contributed by atoms with E-state index in [1.807, 2.05) is 38.4 Å². The van der Waals surface area contributed by atoms with Gasteiger partial charge in [-0.3, -0.25) is 4.79 Å². The van der Waals surface area contributed by atoms with Gasteiger partial charge in [0.05, 0.1) is 0 Å². The molecule has 1 aliphatic rings. The van der Waals surface area contributed by atoms with Crippen molar-refractivity contribution in [2.75, 3.05) is 27.2 Å². The Morgan fingerprint density at radius 2 is 1.85 bits per heavy atom. The van der Waals surface area contributed by atoms with Crippen molar-refractivity contribution in [3.63, 3.8) is 0 Å². The number of rotatable bonds is 7. The second-order valence-electron chi connectivity index (χ2n) is 7.54. The minimum Gasteiger partial charge on any atom is -0.451 e. The summed E-state index contributed by atoms with van der Waals surface area (Å²) in [5, 5.41) is 7.62. The molecule has 26 heavy (non-hydrogen) atoms. The van der Waals surface area contributed by atoms with Crippen LogP contribution in [0.25, 0.3) is 11.0 Å². The molecule has 142 valence electrons. The van der Waals surface area contributed by atoms with E-state index in [1.54, 1.807) is 0 Å². The van der Waals surface area contributed by atoms with Crippen LogP contribution in [0.5, 0.6) is 0 Å². The molecule has 0 atom stereocenters. The number of carbonyl (C=O) groups excluding carboxylic acids is 1. The normalized spacial score (nSPS) is 16.1. The molecule has 0 spiro atoms. The number of hydrogen-bond acceptors (Lipinski definition) is 4. The number of furan rings is 1. The molecule has 5 heteroatoms. The van der Waals surface area contributed by atoms with Crippen LogP contribution in [0.3, 0.4) is 0 Å². The van der Waals surface area contributed by atoms with E-state index < -0.39 is 0 Å². The van der Waals surface area contributed by atoms with Gasteiger partial charge in [0.15, 0.2) is 5.76 Å². The van der Waals surface area contributed by atoms with Crippen LogP contribution in [-0.4, -0.2) is 44.0 Å². The van der Waals surface area contributed by atoms with Crippen molar-refractivity contribution in [3.8, 4) is 0 Å². The third kappa shape index (κ3) is 4.86. The number of fused-ring (bicyclic) bond motifs is 1. The van der Waals surface area contributed by atoms with Gasteiger partial charge in [0.1, 0.15) is 5.58 Å². The summed E-state index contributed by atoms with van der Waals surface area (Å²) in [5.74, 6) is 0.315. The summed E-state index contributed by atoms with van der Waals surface area (Å²) in [6.07, 6.45) is 7.86. The van der Waals surface area contributed by atoms with Crippen LogP contribution >= 0.6 is 0 Å². The van der Waals surface area contributed by atoms with E-state index in [-0.39, 0.29) is 5.91 Å². The Balaban J connectivity index is 1.58. The number of nitrogens with one attached hydrogen (secondary N) is 2. The number of nitrogens with zero attached hydrogens (tertiary/aromatic N) is 1. The van der Waals surface area contributed by atoms with Gasteiger partial charge in [-0.15, -0.1) is 0 Å². The lowest BCUT2D eigenvalue weighted by Gasteiger charge is -2.16. The SMILES string of the molecule is CN(C)Cc1c(C(=O)NCCNC2CCCCCC2)oc2ccccc12. The van der Waals surface area contributed by atoms with E-state index in [9.17, 15) is 4.79 Å². The minimum absolute atomic E-state index is 0.124. The maximum atomic E-state index is 12.7. The summed E-state index contributed by atoms with van der Waals surface area (Å²) in [7, 11) is 4.00. The highest BCUT2D eigenvalue weighted by Crippen LogP contribution is 2.26. The number of benzene rings is 1. The molecule has 2 aromatic rings. The molecule has 1 heterocycles. The van der Waals surface area contributed by atoms with Gasteiger partial charge in [-0.2, -0.15) is 0 Å². The Bertz CT molecular complexity index is 715. The maximum absolute atomic E-state index is 12.7. The number of para-hydroxylation sites is 1. The van der Waals surface area contributed by atoms with Crippen molar-refractivity contribution < 1.29 is 9.21 Å². The van der Waals surface area contributed by atoms with Gasteiger partial charge in [-0.1, -0.05) is 43.9 Å². The second kappa shape index (κ2) is 9.19. The maximum Gasteiger partial charge on any atom is 0.287 e. The first kappa shape index (κ1) is 18.9. The quantitative estimate of drug-likeness (QED) is 0.588. The highest BCUT2D eigenvalue weighted by Gasteiger charge is 2.20. The molecule has 1 saturated carbocycles. The first-order valence-corrected chi connectivity index (χ1v) is 9.82. The van der Waals surface area contributed by atoms with Crippen molar-refractivity contribution in [3.05, 3.63) is 35.6 Å². The third-order valence-corrected chi connectivity index (χ3v) is 5.08. The number of amides is 1. The molecule has 0 unspecified atom stereocenters. The van der Waals surface area contributed by atoms with Crippen LogP contribution in [0.4, 0.5) is 0 Å². The summed E-state index contributed by atoms with van der Waals surface area (Å²) in [5.41, 5.74) is 1.73. The lowest BCUT2D eigenvalue weighted by molar-refractivity contribution is 0.0925. The average Bonchev–Trinajstić information content (AvgIpc) is 2.80. The molecule has 0 saturated heterocycles. The third-order valence-electron chi connectivity index (χ3n) is 5.08. The van der Waals surface area contributed by atoms with Crippen LogP contribution in [0.1, 0.15) is 54.6 Å². The Hall–Kier alpha value is -1.85. The highest BCUT2D eigenvalue weighted by atomic mass is 16.3. The van der Waals surface area contributed by atoms with Gasteiger partial charge in [-0.25, -0.2) is 0 Å². The van der Waals surface area contributed by atoms with Gasteiger partial charge in [-0.05, 0) is 33.0 Å². The Morgan fingerprint density at radius 3 is 2.58 bits per heavy atom. The van der Waals surface area contributed by atoms with Gasteiger partial charge in [0, 0.05) is 36.6 Å². The summed E-state index contributed by atoms with van der Waals surface area (Å²) >= 11 is 0. The van der Waals surface area contributed by atoms with E-state index >= 15 is 0 Å². The summed E-state index contributed by atoms with van der Waals surface area (Å²) in [6.45, 7) is 2.10. The smallest absolute Gasteiger partial charge is 0.287 e. The fourth-order valence-electron chi connectivity index (χ4n) is 3.77. The number of hydrogen-bond donors (Lipinski definition) is 2. The first-order chi connectivity index (χ1) is 12.6. The first-order valence-electron chi connectivity index (χ1n) is 9.82. The Labute approximate surface area is 156 Å². The van der Waals surface area contributed by atoms with Crippen molar-refractivity contribution in [1.29, 1.82) is 0 Å². The van der Waals surface area contributed by atoms with Crippen molar-refractivity contribution in [1.82, 2.24) is 15.5 Å². The van der Waals surface area contributed by atoms with E-state index in [4.69, 9.17) is 4.42 Å². The van der Waals surface area contributed by atoms with Gasteiger partial charge < -0.3 is 20.0 Å². The molecular formula is C21H31N3O2. The molecule has 0 radical (unpaired) electrons. The van der Waals surface area contributed by atoms with Crippen molar-refractivity contribution in [2.24, 2.45) is 0 Å². The van der Waals surface area contributed by atoms with Gasteiger partial charge in [0.2, 0.25) is 0 Å². The predicted molar refractivity (Wildman–Crippen MR) is 105 cm³/mol. The van der Waals surface area contributed by atoms with E-state index in [1.165, 1.54) is 38.5 Å². The van der Waals surface area contributed by atoms with Crippen LogP contribution in [-0.2, 0) is 6.54 Å². The number of carbonyl (C=O) groups is 1. The molecule has 3 rings (SSSR count). The second-order valence-corrected chi connectivity index (χ2v) is 7.54. The molecule has 1 amide bonds. The standard InChI is InChI=1S/C21H31N3O2/c1-24(2)15-18-17-11-7-8-12-19(17)26-20(18)21(25)23-14-13-22-16-9-5-3-4-6-10-16/h7-8,11-12,16,22H,3-6,9-10,13-15H2,1-2H3,(H,23,25).